The van der Waals surface area contributed by atoms with Crippen LogP contribution in [0.15, 0.2) is 58.9 Å². The monoisotopic (exact) mass is 393 g/mol. The highest BCUT2D eigenvalue weighted by Crippen LogP contribution is 2.24. The molecule has 2 heterocycles. The van der Waals surface area contributed by atoms with E-state index in [2.05, 4.69) is 77.3 Å². The number of benzene rings is 2. The van der Waals surface area contributed by atoms with E-state index >= 15 is 0 Å². The maximum Gasteiger partial charge on any atom is 0.190 e. The number of nitrogens with zero attached hydrogens (tertiary/aromatic N) is 3. The zero-order valence-corrected chi connectivity index (χ0v) is 17.4. The molecule has 0 radical (unpaired) electrons. The minimum atomic E-state index is 0.811. The lowest BCUT2D eigenvalue weighted by Crippen LogP contribution is -2.36. The van der Waals surface area contributed by atoms with Gasteiger partial charge in [0.15, 0.2) is 4.80 Å². The second kappa shape index (κ2) is 8.76. The van der Waals surface area contributed by atoms with Crippen molar-refractivity contribution in [2.45, 2.75) is 19.8 Å². The smallest absolute Gasteiger partial charge is 0.190 e. The summed E-state index contributed by atoms with van der Waals surface area (Å²) in [6, 6.07) is 17.4. The minimum Gasteiger partial charge on any atom is -0.378 e. The minimum absolute atomic E-state index is 0.811. The van der Waals surface area contributed by atoms with Gasteiger partial charge in [-0.3, -0.25) is 0 Å². The van der Waals surface area contributed by atoms with Gasteiger partial charge in [-0.15, -0.1) is 11.3 Å². The molecule has 4 nitrogen and oxygen atoms in total. The van der Waals surface area contributed by atoms with Gasteiger partial charge in [0.2, 0.25) is 0 Å². The Morgan fingerprint density at radius 2 is 1.71 bits per heavy atom. The Morgan fingerprint density at radius 1 is 1.00 bits per heavy atom. The van der Waals surface area contributed by atoms with Crippen LogP contribution in [-0.4, -0.2) is 30.9 Å². The summed E-state index contributed by atoms with van der Waals surface area (Å²) in [6.45, 7) is 5.76. The van der Waals surface area contributed by atoms with Crippen LogP contribution in [0.2, 0.25) is 0 Å². The van der Waals surface area contributed by atoms with E-state index < -0.39 is 0 Å². The van der Waals surface area contributed by atoms with Gasteiger partial charge in [0.25, 0.3) is 0 Å². The molecule has 0 saturated carbocycles. The molecule has 0 aliphatic carbocycles. The second-order valence-corrected chi connectivity index (χ2v) is 7.97. The largest absolute Gasteiger partial charge is 0.378 e. The number of aromatic nitrogens is 1. The summed E-state index contributed by atoms with van der Waals surface area (Å²) in [5.41, 5.74) is 6.06. The van der Waals surface area contributed by atoms with Crippen molar-refractivity contribution in [2.75, 3.05) is 31.2 Å². The summed E-state index contributed by atoms with van der Waals surface area (Å²) < 4.78 is 7.62. The van der Waals surface area contributed by atoms with Crippen LogP contribution in [0.5, 0.6) is 0 Å². The molecule has 0 bridgehead atoms. The summed E-state index contributed by atoms with van der Waals surface area (Å²) in [7, 11) is 2.09. The van der Waals surface area contributed by atoms with Crippen molar-refractivity contribution in [1.29, 1.82) is 0 Å². The standard InChI is InChI=1S/C23H27N3OS/c1-3-4-18-5-9-20(10-6-18)24-23-25(2)22(17-28-23)19-7-11-21(12-8-19)26-13-15-27-16-14-26/h5-12,17H,3-4,13-16H2,1-2H3. The molecule has 3 aromatic rings. The number of morpholine rings is 1. The highest BCUT2D eigenvalue weighted by Gasteiger charge is 2.12. The average Bonchev–Trinajstić information content (AvgIpc) is 3.11. The molecular weight excluding hydrogens is 366 g/mol. The van der Waals surface area contributed by atoms with Crippen molar-refractivity contribution < 1.29 is 4.74 Å². The molecular formula is C23H27N3OS. The van der Waals surface area contributed by atoms with Crippen LogP contribution >= 0.6 is 11.3 Å². The van der Waals surface area contributed by atoms with Crippen LogP contribution in [0.3, 0.4) is 0 Å². The van der Waals surface area contributed by atoms with Gasteiger partial charge >= 0.3 is 0 Å². The maximum absolute atomic E-state index is 5.45. The highest BCUT2D eigenvalue weighted by molar-refractivity contribution is 7.07. The lowest BCUT2D eigenvalue weighted by Gasteiger charge is -2.28. The van der Waals surface area contributed by atoms with Crippen molar-refractivity contribution in [2.24, 2.45) is 12.0 Å². The van der Waals surface area contributed by atoms with Crippen LogP contribution in [0.1, 0.15) is 18.9 Å². The Hall–Kier alpha value is -2.37. The summed E-state index contributed by atoms with van der Waals surface area (Å²) >= 11 is 1.68. The highest BCUT2D eigenvalue weighted by atomic mass is 32.1. The molecule has 2 aromatic carbocycles. The maximum atomic E-state index is 5.45. The van der Waals surface area contributed by atoms with Gasteiger partial charge in [-0.1, -0.05) is 37.6 Å². The molecule has 0 N–H and O–H groups in total. The molecule has 1 aliphatic rings. The molecule has 28 heavy (non-hydrogen) atoms. The lowest BCUT2D eigenvalue weighted by atomic mass is 10.1. The summed E-state index contributed by atoms with van der Waals surface area (Å²) in [5.74, 6) is 0. The van der Waals surface area contributed by atoms with Crippen LogP contribution in [0.25, 0.3) is 11.3 Å². The van der Waals surface area contributed by atoms with E-state index in [4.69, 9.17) is 9.73 Å². The Kier molecular flexibility index (Phi) is 5.93. The predicted octanol–water partition coefficient (Wildman–Crippen LogP) is 4.78. The zero-order valence-electron chi connectivity index (χ0n) is 16.6. The number of anilines is 1. The van der Waals surface area contributed by atoms with Crippen LogP contribution in [0.4, 0.5) is 11.4 Å². The third-order valence-corrected chi connectivity index (χ3v) is 6.08. The van der Waals surface area contributed by atoms with Crippen molar-refractivity contribution in [3.8, 4) is 11.3 Å². The third kappa shape index (κ3) is 4.21. The first-order chi connectivity index (χ1) is 13.7. The average molecular weight is 394 g/mol. The van der Waals surface area contributed by atoms with E-state index in [1.807, 2.05) is 0 Å². The van der Waals surface area contributed by atoms with Gasteiger partial charge in [-0.25, -0.2) is 4.99 Å². The molecule has 0 amide bonds. The topological polar surface area (TPSA) is 29.8 Å². The Bertz CT molecular complexity index is 964. The van der Waals surface area contributed by atoms with Crippen LogP contribution in [-0.2, 0) is 18.2 Å². The van der Waals surface area contributed by atoms with Crippen LogP contribution < -0.4 is 9.70 Å². The van der Waals surface area contributed by atoms with Gasteiger partial charge < -0.3 is 14.2 Å². The first kappa shape index (κ1) is 19.0. The van der Waals surface area contributed by atoms with Gasteiger partial charge in [0, 0.05) is 31.2 Å². The van der Waals surface area contributed by atoms with Gasteiger partial charge in [0.1, 0.15) is 0 Å². The second-order valence-electron chi connectivity index (χ2n) is 7.14. The fourth-order valence-corrected chi connectivity index (χ4v) is 4.46. The number of hydrogen-bond acceptors (Lipinski definition) is 4. The normalized spacial score (nSPS) is 15.2. The first-order valence-corrected chi connectivity index (χ1v) is 10.8. The van der Waals surface area contributed by atoms with Crippen LogP contribution in [0, 0.1) is 0 Å². The van der Waals surface area contributed by atoms with Gasteiger partial charge in [0.05, 0.1) is 24.6 Å². The number of thiazole rings is 1. The molecule has 0 atom stereocenters. The first-order valence-electron chi connectivity index (χ1n) is 9.96. The van der Waals surface area contributed by atoms with Crippen molar-refractivity contribution in [1.82, 2.24) is 4.57 Å². The van der Waals surface area contributed by atoms with Crippen molar-refractivity contribution in [3.05, 3.63) is 64.3 Å². The van der Waals surface area contributed by atoms with E-state index in [-0.39, 0.29) is 0 Å². The van der Waals surface area contributed by atoms with Gasteiger partial charge in [-0.05, 0) is 41.8 Å². The molecule has 1 aromatic heterocycles. The molecule has 5 heteroatoms. The Balaban J connectivity index is 1.56. The summed E-state index contributed by atoms with van der Waals surface area (Å²) in [5, 5.41) is 2.19. The zero-order chi connectivity index (χ0) is 19.3. The summed E-state index contributed by atoms with van der Waals surface area (Å²) in [6.07, 6.45) is 2.29. The fraction of sp³-hybridized carbons (Fsp3) is 0.348. The molecule has 146 valence electrons. The van der Waals surface area contributed by atoms with Crippen molar-refractivity contribution in [3.63, 3.8) is 0 Å². The van der Waals surface area contributed by atoms with E-state index in [9.17, 15) is 0 Å². The molecule has 1 fully saturated rings. The number of aryl methyl sites for hydroxylation is 1. The SMILES string of the molecule is CCCc1ccc(N=c2scc(-c3ccc(N4CCOCC4)cc3)n2C)cc1. The molecule has 0 unspecified atom stereocenters. The summed E-state index contributed by atoms with van der Waals surface area (Å²) in [4.78, 5) is 8.23. The molecule has 0 spiro atoms. The van der Waals surface area contributed by atoms with E-state index in [1.54, 1.807) is 11.3 Å². The lowest BCUT2D eigenvalue weighted by molar-refractivity contribution is 0.122. The fourth-order valence-electron chi connectivity index (χ4n) is 3.53. The number of ether oxygens (including phenoxy) is 1. The van der Waals surface area contributed by atoms with Crippen molar-refractivity contribution >= 4 is 22.7 Å². The molecule has 1 aliphatic heterocycles. The van der Waals surface area contributed by atoms with E-state index in [0.717, 1.165) is 43.2 Å². The van der Waals surface area contributed by atoms with E-state index in [1.165, 1.54) is 28.9 Å². The number of hydrogen-bond donors (Lipinski definition) is 0. The molecule has 1 saturated heterocycles. The third-order valence-electron chi connectivity index (χ3n) is 5.16. The van der Waals surface area contributed by atoms with E-state index in [0.29, 0.717) is 0 Å². The number of rotatable bonds is 5. The van der Waals surface area contributed by atoms with Gasteiger partial charge in [-0.2, -0.15) is 0 Å². The molecule has 4 rings (SSSR count). The predicted molar refractivity (Wildman–Crippen MR) is 117 cm³/mol. The Labute approximate surface area is 170 Å². The Morgan fingerprint density at radius 3 is 2.39 bits per heavy atom. The quantitative estimate of drug-likeness (QED) is 0.625.